The van der Waals surface area contributed by atoms with Crippen LogP contribution in [0, 0.1) is 0 Å². The molecule has 1 aromatic heterocycles. The summed E-state index contributed by atoms with van der Waals surface area (Å²) in [7, 11) is 0. The molecule has 2 aromatic rings. The Balaban J connectivity index is 1.69. The minimum Gasteiger partial charge on any atom is -0.354 e. The monoisotopic (exact) mass is 300 g/mol. The standard InChI is InChI=1S/C15H13ClN4O/c16-12-7-18-13(8-17-12)20-6-5-15(9-20)10-3-1-2-4-11(10)19-14(15)21/h1-4,7-8H,5-6,9H2,(H,19,21). The summed E-state index contributed by atoms with van der Waals surface area (Å²) in [5.41, 5.74) is 1.53. The molecule has 106 valence electrons. The van der Waals surface area contributed by atoms with Crippen molar-refractivity contribution in [2.75, 3.05) is 23.3 Å². The number of hydrogen-bond donors (Lipinski definition) is 1. The molecule has 1 N–H and O–H groups in total. The molecule has 1 spiro atoms. The number of rotatable bonds is 1. The number of aromatic nitrogens is 2. The molecule has 6 heteroatoms. The van der Waals surface area contributed by atoms with Gasteiger partial charge in [-0.25, -0.2) is 9.97 Å². The number of nitrogens with one attached hydrogen (secondary N) is 1. The van der Waals surface area contributed by atoms with Crippen molar-refractivity contribution in [1.82, 2.24) is 9.97 Å². The summed E-state index contributed by atoms with van der Waals surface area (Å²) in [4.78, 5) is 22.9. The highest BCUT2D eigenvalue weighted by Gasteiger charge is 2.51. The maximum Gasteiger partial charge on any atom is 0.236 e. The molecule has 1 saturated heterocycles. The van der Waals surface area contributed by atoms with Gasteiger partial charge in [-0.3, -0.25) is 4.79 Å². The minimum atomic E-state index is -0.474. The fourth-order valence-corrected chi connectivity index (χ4v) is 3.35. The second-order valence-electron chi connectivity index (χ2n) is 5.45. The molecule has 4 rings (SSSR count). The van der Waals surface area contributed by atoms with E-state index in [0.29, 0.717) is 11.7 Å². The number of amides is 1. The van der Waals surface area contributed by atoms with Crippen LogP contribution in [0.5, 0.6) is 0 Å². The van der Waals surface area contributed by atoms with E-state index in [0.717, 1.165) is 30.0 Å². The van der Waals surface area contributed by atoms with Crippen LogP contribution in [0.3, 0.4) is 0 Å². The highest BCUT2D eigenvalue weighted by atomic mass is 35.5. The molecule has 1 fully saturated rings. The number of para-hydroxylation sites is 1. The Kier molecular flexibility index (Phi) is 2.65. The summed E-state index contributed by atoms with van der Waals surface area (Å²) in [6, 6.07) is 7.90. The first-order valence-electron chi connectivity index (χ1n) is 6.82. The number of hydrogen-bond acceptors (Lipinski definition) is 4. The van der Waals surface area contributed by atoms with E-state index in [9.17, 15) is 4.79 Å². The lowest BCUT2D eigenvalue weighted by Crippen LogP contribution is -2.37. The summed E-state index contributed by atoms with van der Waals surface area (Å²) in [5, 5.41) is 3.36. The van der Waals surface area contributed by atoms with E-state index in [1.165, 1.54) is 6.20 Å². The SMILES string of the molecule is O=C1Nc2ccccc2C12CCN(c1cnc(Cl)cn1)C2. The van der Waals surface area contributed by atoms with Gasteiger partial charge in [0.2, 0.25) is 5.91 Å². The molecule has 2 aliphatic rings. The highest BCUT2D eigenvalue weighted by molar-refractivity contribution is 6.29. The summed E-state index contributed by atoms with van der Waals surface area (Å²) < 4.78 is 0. The summed E-state index contributed by atoms with van der Waals surface area (Å²) in [6.45, 7) is 1.39. The fraction of sp³-hybridized carbons (Fsp3) is 0.267. The van der Waals surface area contributed by atoms with Crippen LogP contribution in [0.1, 0.15) is 12.0 Å². The quantitative estimate of drug-likeness (QED) is 0.877. The Morgan fingerprint density at radius 2 is 2.10 bits per heavy atom. The molecule has 0 radical (unpaired) electrons. The average Bonchev–Trinajstić information content (AvgIpc) is 3.05. The first-order chi connectivity index (χ1) is 10.2. The van der Waals surface area contributed by atoms with Crippen LogP contribution in [0.25, 0.3) is 0 Å². The maximum atomic E-state index is 12.5. The van der Waals surface area contributed by atoms with Crippen molar-refractivity contribution in [1.29, 1.82) is 0 Å². The molecule has 3 heterocycles. The van der Waals surface area contributed by atoms with Crippen molar-refractivity contribution in [3.05, 3.63) is 47.4 Å². The van der Waals surface area contributed by atoms with Gasteiger partial charge >= 0.3 is 0 Å². The van der Waals surface area contributed by atoms with Crippen LogP contribution in [0.4, 0.5) is 11.5 Å². The van der Waals surface area contributed by atoms with Crippen molar-refractivity contribution in [3.8, 4) is 0 Å². The first kappa shape index (κ1) is 12.6. The van der Waals surface area contributed by atoms with E-state index in [4.69, 9.17) is 11.6 Å². The van der Waals surface area contributed by atoms with Gasteiger partial charge in [0.25, 0.3) is 0 Å². The molecule has 1 atom stereocenters. The zero-order valence-corrected chi connectivity index (χ0v) is 12.0. The molecule has 1 unspecified atom stereocenters. The van der Waals surface area contributed by atoms with E-state index >= 15 is 0 Å². The van der Waals surface area contributed by atoms with Crippen molar-refractivity contribution >= 4 is 29.0 Å². The molecule has 21 heavy (non-hydrogen) atoms. The molecule has 1 amide bonds. The summed E-state index contributed by atoms with van der Waals surface area (Å²) >= 11 is 5.77. The molecule has 0 bridgehead atoms. The predicted octanol–water partition coefficient (Wildman–Crippen LogP) is 2.23. The Morgan fingerprint density at radius 1 is 1.24 bits per heavy atom. The van der Waals surface area contributed by atoms with Crippen LogP contribution in [0.15, 0.2) is 36.7 Å². The lowest BCUT2D eigenvalue weighted by Gasteiger charge is -2.22. The smallest absolute Gasteiger partial charge is 0.236 e. The fourth-order valence-electron chi connectivity index (χ4n) is 3.25. The topological polar surface area (TPSA) is 58.1 Å². The van der Waals surface area contributed by atoms with Crippen molar-refractivity contribution in [3.63, 3.8) is 0 Å². The van der Waals surface area contributed by atoms with Crippen LogP contribution >= 0.6 is 11.6 Å². The van der Waals surface area contributed by atoms with Gasteiger partial charge in [0.1, 0.15) is 11.0 Å². The summed E-state index contributed by atoms with van der Waals surface area (Å²) in [6.07, 6.45) is 3.96. The van der Waals surface area contributed by atoms with E-state index in [1.807, 2.05) is 24.3 Å². The third-order valence-corrected chi connectivity index (χ3v) is 4.52. The molecule has 0 aliphatic carbocycles. The van der Waals surface area contributed by atoms with Gasteiger partial charge in [-0.2, -0.15) is 0 Å². The number of carbonyl (C=O) groups is 1. The number of fused-ring (bicyclic) bond motifs is 2. The lowest BCUT2D eigenvalue weighted by atomic mass is 9.81. The maximum absolute atomic E-state index is 12.5. The van der Waals surface area contributed by atoms with Gasteiger partial charge in [0.15, 0.2) is 0 Å². The number of halogens is 1. The number of carbonyl (C=O) groups excluding carboxylic acids is 1. The van der Waals surface area contributed by atoms with Gasteiger partial charge < -0.3 is 10.2 Å². The van der Waals surface area contributed by atoms with E-state index < -0.39 is 5.41 Å². The van der Waals surface area contributed by atoms with Gasteiger partial charge in [-0.1, -0.05) is 29.8 Å². The van der Waals surface area contributed by atoms with Crippen LogP contribution in [-0.4, -0.2) is 29.0 Å². The van der Waals surface area contributed by atoms with Gasteiger partial charge in [-0.05, 0) is 18.1 Å². The average molecular weight is 301 g/mol. The van der Waals surface area contributed by atoms with Crippen molar-refractivity contribution < 1.29 is 4.79 Å². The Bertz CT molecular complexity index is 718. The van der Waals surface area contributed by atoms with Crippen LogP contribution < -0.4 is 10.2 Å². The zero-order chi connectivity index (χ0) is 14.4. The lowest BCUT2D eigenvalue weighted by molar-refractivity contribution is -0.120. The second-order valence-corrected chi connectivity index (χ2v) is 5.84. The minimum absolute atomic E-state index is 0.0770. The molecule has 2 aliphatic heterocycles. The first-order valence-corrected chi connectivity index (χ1v) is 7.20. The molecular formula is C15H13ClN4O. The van der Waals surface area contributed by atoms with Gasteiger partial charge in [0.05, 0.1) is 17.8 Å². The van der Waals surface area contributed by atoms with Crippen LogP contribution in [-0.2, 0) is 10.2 Å². The second kappa shape index (κ2) is 4.43. The largest absolute Gasteiger partial charge is 0.354 e. The normalized spacial score (nSPS) is 23.5. The van der Waals surface area contributed by atoms with Crippen molar-refractivity contribution in [2.24, 2.45) is 0 Å². The van der Waals surface area contributed by atoms with Gasteiger partial charge in [0, 0.05) is 18.8 Å². The Hall–Kier alpha value is -2.14. The van der Waals surface area contributed by atoms with Gasteiger partial charge in [-0.15, -0.1) is 0 Å². The van der Waals surface area contributed by atoms with E-state index in [-0.39, 0.29) is 5.91 Å². The molecule has 1 aromatic carbocycles. The molecular weight excluding hydrogens is 288 g/mol. The predicted molar refractivity (Wildman–Crippen MR) is 80.6 cm³/mol. The zero-order valence-electron chi connectivity index (χ0n) is 11.2. The van der Waals surface area contributed by atoms with Crippen molar-refractivity contribution in [2.45, 2.75) is 11.8 Å². The highest BCUT2D eigenvalue weighted by Crippen LogP contribution is 2.44. The van der Waals surface area contributed by atoms with E-state index in [2.05, 4.69) is 20.2 Å². The Morgan fingerprint density at radius 3 is 2.90 bits per heavy atom. The third-order valence-electron chi connectivity index (χ3n) is 4.33. The number of nitrogens with zero attached hydrogens (tertiary/aromatic N) is 3. The molecule has 0 saturated carbocycles. The number of benzene rings is 1. The Labute approximate surface area is 127 Å². The third kappa shape index (κ3) is 1.81. The van der Waals surface area contributed by atoms with E-state index in [1.54, 1.807) is 6.20 Å². The summed E-state index contributed by atoms with van der Waals surface area (Å²) in [5.74, 6) is 0.835. The number of anilines is 2. The molecule has 5 nitrogen and oxygen atoms in total. The van der Waals surface area contributed by atoms with Crippen LogP contribution in [0.2, 0.25) is 5.15 Å².